The number of methoxy groups -OCH3 is 1. The second-order valence-electron chi connectivity index (χ2n) is 5.71. The van der Waals surface area contributed by atoms with Gasteiger partial charge in [-0.25, -0.2) is 0 Å². The third kappa shape index (κ3) is 4.27. The van der Waals surface area contributed by atoms with E-state index < -0.39 is 5.92 Å². The van der Waals surface area contributed by atoms with Crippen LogP contribution in [-0.2, 0) is 16.1 Å². The topological polar surface area (TPSA) is 35.5 Å². The van der Waals surface area contributed by atoms with Gasteiger partial charge < -0.3 is 9.47 Å². The summed E-state index contributed by atoms with van der Waals surface area (Å²) in [6.45, 7) is 0.513. The van der Waals surface area contributed by atoms with E-state index in [1.54, 1.807) is 0 Å². The van der Waals surface area contributed by atoms with Gasteiger partial charge in [0.25, 0.3) is 0 Å². The minimum atomic E-state index is -0.436. The summed E-state index contributed by atoms with van der Waals surface area (Å²) in [5.74, 6) is 0.0582. The number of rotatable bonds is 6. The van der Waals surface area contributed by atoms with Crippen LogP contribution in [-0.4, -0.2) is 13.1 Å². The van der Waals surface area contributed by atoms with Crippen molar-refractivity contribution in [3.8, 4) is 5.75 Å². The molecule has 0 amide bonds. The molecule has 0 heterocycles. The van der Waals surface area contributed by atoms with Gasteiger partial charge in [0.05, 0.1) is 7.11 Å². The highest BCUT2D eigenvalue weighted by Crippen LogP contribution is 2.27. The van der Waals surface area contributed by atoms with Gasteiger partial charge in [-0.1, -0.05) is 72.8 Å². The minimum Gasteiger partial charge on any atom is -0.489 e. The molecule has 126 valence electrons. The lowest BCUT2D eigenvalue weighted by Gasteiger charge is -2.16. The van der Waals surface area contributed by atoms with Gasteiger partial charge in [-0.15, -0.1) is 0 Å². The van der Waals surface area contributed by atoms with E-state index in [9.17, 15) is 4.79 Å². The third-order valence-electron chi connectivity index (χ3n) is 4.03. The Hall–Kier alpha value is -3.07. The fraction of sp³-hybridized carbons (Fsp3) is 0.136. The van der Waals surface area contributed by atoms with Gasteiger partial charge in [0, 0.05) is 0 Å². The van der Waals surface area contributed by atoms with Crippen LogP contribution in [0.3, 0.4) is 0 Å². The molecule has 1 atom stereocenters. The summed E-state index contributed by atoms with van der Waals surface area (Å²) in [5, 5.41) is 0. The van der Waals surface area contributed by atoms with Crippen LogP contribution >= 0.6 is 0 Å². The molecule has 0 bridgehead atoms. The van der Waals surface area contributed by atoms with Crippen LogP contribution in [0.2, 0.25) is 0 Å². The SMILES string of the molecule is COC(=O)C(c1ccccc1)c1ccc(OCc2ccccc2)cc1. The monoisotopic (exact) mass is 332 g/mol. The number of carbonyl (C=O) groups excluding carboxylic acids is 1. The van der Waals surface area contributed by atoms with Crippen molar-refractivity contribution in [1.29, 1.82) is 0 Å². The average molecular weight is 332 g/mol. The van der Waals surface area contributed by atoms with Crippen LogP contribution in [0, 0.1) is 0 Å². The van der Waals surface area contributed by atoms with Crippen molar-refractivity contribution in [2.75, 3.05) is 7.11 Å². The largest absolute Gasteiger partial charge is 0.489 e. The van der Waals surface area contributed by atoms with Crippen LogP contribution in [0.5, 0.6) is 5.75 Å². The molecule has 3 rings (SSSR count). The highest BCUT2D eigenvalue weighted by atomic mass is 16.5. The Morgan fingerprint density at radius 1 is 0.800 bits per heavy atom. The van der Waals surface area contributed by atoms with Gasteiger partial charge >= 0.3 is 5.97 Å². The Morgan fingerprint density at radius 2 is 1.36 bits per heavy atom. The summed E-state index contributed by atoms with van der Waals surface area (Å²) >= 11 is 0. The van der Waals surface area contributed by atoms with Crippen molar-refractivity contribution in [3.05, 3.63) is 102 Å². The number of ether oxygens (including phenoxy) is 2. The molecule has 0 aromatic heterocycles. The van der Waals surface area contributed by atoms with E-state index in [2.05, 4.69) is 0 Å². The molecule has 0 saturated heterocycles. The van der Waals surface area contributed by atoms with Crippen LogP contribution in [0.4, 0.5) is 0 Å². The molecule has 3 heteroatoms. The van der Waals surface area contributed by atoms with E-state index in [4.69, 9.17) is 9.47 Å². The minimum absolute atomic E-state index is 0.274. The molecular formula is C22H20O3. The summed E-state index contributed by atoms with van der Waals surface area (Å²) in [6, 6.07) is 27.2. The molecule has 0 fully saturated rings. The Balaban J connectivity index is 1.76. The fourth-order valence-electron chi connectivity index (χ4n) is 2.73. The highest BCUT2D eigenvalue weighted by molar-refractivity contribution is 5.82. The molecular weight excluding hydrogens is 312 g/mol. The first-order valence-corrected chi connectivity index (χ1v) is 8.17. The summed E-state index contributed by atoms with van der Waals surface area (Å²) in [5.41, 5.74) is 2.90. The average Bonchev–Trinajstić information content (AvgIpc) is 2.69. The van der Waals surface area contributed by atoms with Gasteiger partial charge in [-0.05, 0) is 28.8 Å². The molecule has 0 aliphatic carbocycles. The zero-order chi connectivity index (χ0) is 17.5. The summed E-state index contributed by atoms with van der Waals surface area (Å²) < 4.78 is 10.8. The van der Waals surface area contributed by atoms with Crippen molar-refractivity contribution in [2.24, 2.45) is 0 Å². The summed E-state index contributed by atoms with van der Waals surface area (Å²) in [7, 11) is 1.41. The van der Waals surface area contributed by atoms with E-state index in [-0.39, 0.29) is 5.97 Å². The molecule has 0 saturated carbocycles. The molecule has 3 aromatic carbocycles. The predicted molar refractivity (Wildman–Crippen MR) is 97.5 cm³/mol. The van der Waals surface area contributed by atoms with E-state index in [0.717, 1.165) is 22.4 Å². The van der Waals surface area contributed by atoms with E-state index >= 15 is 0 Å². The van der Waals surface area contributed by atoms with Crippen LogP contribution in [0.15, 0.2) is 84.9 Å². The zero-order valence-corrected chi connectivity index (χ0v) is 14.1. The van der Waals surface area contributed by atoms with E-state index in [0.29, 0.717) is 6.61 Å². The van der Waals surface area contributed by atoms with Gasteiger partial charge in [0.2, 0.25) is 0 Å². The van der Waals surface area contributed by atoms with Crippen LogP contribution in [0.1, 0.15) is 22.6 Å². The molecule has 0 N–H and O–H groups in total. The number of carbonyl (C=O) groups is 1. The Kier molecular flexibility index (Phi) is 5.47. The van der Waals surface area contributed by atoms with Gasteiger partial charge in [0.1, 0.15) is 18.3 Å². The summed E-state index contributed by atoms with van der Waals surface area (Å²) in [4.78, 5) is 12.3. The molecule has 25 heavy (non-hydrogen) atoms. The predicted octanol–water partition coefficient (Wildman–Crippen LogP) is 4.57. The molecule has 0 aliphatic heterocycles. The van der Waals surface area contributed by atoms with Gasteiger partial charge in [-0.2, -0.15) is 0 Å². The lowest BCUT2D eigenvalue weighted by atomic mass is 9.91. The number of benzene rings is 3. The first-order valence-electron chi connectivity index (χ1n) is 8.17. The Labute approximate surface area is 147 Å². The number of hydrogen-bond acceptors (Lipinski definition) is 3. The van der Waals surface area contributed by atoms with Crippen molar-refractivity contribution in [1.82, 2.24) is 0 Å². The van der Waals surface area contributed by atoms with Crippen molar-refractivity contribution < 1.29 is 14.3 Å². The van der Waals surface area contributed by atoms with Gasteiger partial charge in [0.15, 0.2) is 0 Å². The maximum absolute atomic E-state index is 12.3. The quantitative estimate of drug-likeness (QED) is 0.620. The second-order valence-corrected chi connectivity index (χ2v) is 5.71. The maximum Gasteiger partial charge on any atom is 0.317 e. The standard InChI is InChI=1S/C22H20O3/c1-24-22(23)21(18-10-6-3-7-11-18)19-12-14-20(15-13-19)25-16-17-8-4-2-5-9-17/h2-15,21H,16H2,1H3. The normalized spacial score (nSPS) is 11.6. The first-order chi connectivity index (χ1) is 12.3. The Bertz CT molecular complexity index is 796. The van der Waals surface area contributed by atoms with E-state index in [1.165, 1.54) is 7.11 Å². The van der Waals surface area contributed by atoms with E-state index in [1.807, 2.05) is 84.9 Å². The molecule has 1 unspecified atom stereocenters. The molecule has 3 aromatic rings. The first kappa shape index (κ1) is 16.8. The van der Waals surface area contributed by atoms with Gasteiger partial charge in [-0.3, -0.25) is 4.79 Å². The zero-order valence-electron chi connectivity index (χ0n) is 14.1. The molecule has 0 radical (unpaired) electrons. The third-order valence-corrected chi connectivity index (χ3v) is 4.03. The Morgan fingerprint density at radius 3 is 1.96 bits per heavy atom. The number of esters is 1. The lowest BCUT2D eigenvalue weighted by molar-refractivity contribution is -0.141. The molecule has 0 aliphatic rings. The van der Waals surface area contributed by atoms with Crippen LogP contribution in [0.25, 0.3) is 0 Å². The maximum atomic E-state index is 12.3. The lowest BCUT2D eigenvalue weighted by Crippen LogP contribution is -2.15. The highest BCUT2D eigenvalue weighted by Gasteiger charge is 2.23. The van der Waals surface area contributed by atoms with Crippen LogP contribution < -0.4 is 4.74 Å². The van der Waals surface area contributed by atoms with Crippen molar-refractivity contribution >= 4 is 5.97 Å². The summed E-state index contributed by atoms with van der Waals surface area (Å²) in [6.07, 6.45) is 0. The second kappa shape index (κ2) is 8.15. The van der Waals surface area contributed by atoms with Crippen molar-refractivity contribution in [2.45, 2.75) is 12.5 Å². The number of hydrogen-bond donors (Lipinski definition) is 0. The molecule has 3 nitrogen and oxygen atoms in total. The van der Waals surface area contributed by atoms with Crippen molar-refractivity contribution in [3.63, 3.8) is 0 Å². The fourth-order valence-corrected chi connectivity index (χ4v) is 2.73. The molecule has 0 spiro atoms. The smallest absolute Gasteiger partial charge is 0.317 e.